The lowest BCUT2D eigenvalue weighted by Crippen LogP contribution is -2.60. The highest BCUT2D eigenvalue weighted by Crippen LogP contribution is 2.35. The van der Waals surface area contributed by atoms with Crippen molar-refractivity contribution >= 4 is 23.3 Å². The van der Waals surface area contributed by atoms with E-state index in [1.165, 1.54) is 29.0 Å². The SMILES string of the molecule is COc1ccc(C)cc1NC(=O)N1CCN(c2ccc(C#N)c(C(F)(F)F)c2)CC1C(N)=O. The van der Waals surface area contributed by atoms with Crippen LogP contribution < -0.4 is 20.7 Å². The predicted molar refractivity (Wildman–Crippen MR) is 115 cm³/mol. The molecule has 1 aliphatic heterocycles. The minimum atomic E-state index is -4.71. The predicted octanol–water partition coefficient (Wildman–Crippen LogP) is 3.10. The molecule has 1 heterocycles. The van der Waals surface area contributed by atoms with Gasteiger partial charge in [0.1, 0.15) is 11.8 Å². The average Bonchev–Trinajstić information content (AvgIpc) is 2.77. The van der Waals surface area contributed by atoms with Crippen LogP contribution in [0.4, 0.5) is 29.3 Å². The third kappa shape index (κ3) is 5.11. The lowest BCUT2D eigenvalue weighted by Gasteiger charge is -2.41. The molecule has 0 saturated carbocycles. The van der Waals surface area contributed by atoms with Gasteiger partial charge < -0.3 is 25.6 Å². The number of carbonyl (C=O) groups is 2. The number of hydrogen-bond acceptors (Lipinski definition) is 5. The number of piperazine rings is 1. The summed E-state index contributed by atoms with van der Waals surface area (Å²) in [6.07, 6.45) is -4.71. The van der Waals surface area contributed by atoms with Gasteiger partial charge in [0.15, 0.2) is 0 Å². The van der Waals surface area contributed by atoms with Crippen LogP contribution in [0.15, 0.2) is 36.4 Å². The van der Waals surface area contributed by atoms with Crippen molar-refractivity contribution < 1.29 is 27.5 Å². The summed E-state index contributed by atoms with van der Waals surface area (Å²) in [7, 11) is 1.46. The number of nitrogens with two attached hydrogens (primary N) is 1. The third-order valence-corrected chi connectivity index (χ3v) is 5.36. The molecule has 2 aromatic carbocycles. The van der Waals surface area contributed by atoms with Crippen molar-refractivity contribution in [1.82, 2.24) is 4.90 Å². The van der Waals surface area contributed by atoms with E-state index in [9.17, 15) is 22.8 Å². The van der Waals surface area contributed by atoms with Crippen LogP contribution in [-0.4, -0.2) is 49.6 Å². The van der Waals surface area contributed by atoms with Crippen molar-refractivity contribution in [3.05, 3.63) is 53.1 Å². The summed E-state index contributed by atoms with van der Waals surface area (Å²) in [4.78, 5) is 27.8. The number of anilines is 2. The third-order valence-electron chi connectivity index (χ3n) is 5.36. The fraction of sp³-hybridized carbons (Fsp3) is 0.318. The molecule has 1 aliphatic rings. The van der Waals surface area contributed by atoms with E-state index < -0.39 is 35.3 Å². The largest absolute Gasteiger partial charge is 0.495 e. The number of methoxy groups -OCH3 is 1. The Kier molecular flexibility index (Phi) is 6.67. The number of benzene rings is 2. The molecule has 1 saturated heterocycles. The van der Waals surface area contributed by atoms with Crippen molar-refractivity contribution in [3.8, 4) is 11.8 Å². The number of alkyl halides is 3. The number of nitrogens with one attached hydrogen (secondary N) is 1. The lowest BCUT2D eigenvalue weighted by molar-refractivity contribution is -0.137. The number of amides is 3. The Morgan fingerprint density at radius 2 is 1.94 bits per heavy atom. The molecule has 3 amide bonds. The molecular weight excluding hydrogens is 439 g/mol. The molecule has 2 aromatic rings. The Hall–Kier alpha value is -3.94. The quantitative estimate of drug-likeness (QED) is 0.727. The number of primary amides is 1. The maximum absolute atomic E-state index is 13.3. The second-order valence-electron chi connectivity index (χ2n) is 7.53. The minimum Gasteiger partial charge on any atom is -0.495 e. The van der Waals surface area contributed by atoms with Gasteiger partial charge in [-0.1, -0.05) is 6.07 Å². The Morgan fingerprint density at radius 1 is 1.21 bits per heavy atom. The van der Waals surface area contributed by atoms with Gasteiger partial charge in [0.2, 0.25) is 5.91 Å². The van der Waals surface area contributed by atoms with Crippen LogP contribution in [0.25, 0.3) is 0 Å². The number of aryl methyl sites for hydroxylation is 1. The van der Waals surface area contributed by atoms with Crippen LogP contribution in [-0.2, 0) is 11.0 Å². The maximum atomic E-state index is 13.3. The van der Waals surface area contributed by atoms with Gasteiger partial charge in [-0.3, -0.25) is 4.79 Å². The smallest absolute Gasteiger partial charge is 0.417 e. The van der Waals surface area contributed by atoms with Crippen LogP contribution in [0.1, 0.15) is 16.7 Å². The second kappa shape index (κ2) is 9.28. The van der Waals surface area contributed by atoms with Gasteiger partial charge in [-0.15, -0.1) is 0 Å². The number of carbonyl (C=O) groups excluding carboxylic acids is 2. The number of ether oxygens (including phenoxy) is 1. The Bertz CT molecular complexity index is 1110. The summed E-state index contributed by atoms with van der Waals surface area (Å²) in [5.74, 6) is -0.365. The number of halogens is 3. The molecular formula is C22H22F3N5O3. The standard InChI is InChI=1S/C22H22F3N5O3/c1-13-3-6-19(33-2)17(9-13)28-21(32)30-8-7-29(12-18(30)20(27)31)15-5-4-14(11-26)16(10-15)22(23,24)25/h3-6,9-10,18H,7-8,12H2,1-2H3,(H2,27,31)(H,28,32). The van der Waals surface area contributed by atoms with E-state index in [2.05, 4.69) is 5.32 Å². The van der Waals surface area contributed by atoms with Crippen molar-refractivity contribution in [2.45, 2.75) is 19.1 Å². The molecule has 0 bridgehead atoms. The summed E-state index contributed by atoms with van der Waals surface area (Å²) >= 11 is 0. The number of urea groups is 1. The van der Waals surface area contributed by atoms with Crippen molar-refractivity contribution in [1.29, 1.82) is 5.26 Å². The van der Waals surface area contributed by atoms with Gasteiger partial charge in [0.05, 0.1) is 30.0 Å². The Labute approximate surface area is 188 Å². The summed E-state index contributed by atoms with van der Waals surface area (Å²) < 4.78 is 45.3. The molecule has 0 spiro atoms. The first-order valence-corrected chi connectivity index (χ1v) is 9.93. The molecule has 3 N–H and O–H groups in total. The first-order chi connectivity index (χ1) is 15.5. The van der Waals surface area contributed by atoms with Gasteiger partial charge >= 0.3 is 12.2 Å². The average molecular weight is 461 g/mol. The van der Waals surface area contributed by atoms with E-state index in [0.29, 0.717) is 11.4 Å². The van der Waals surface area contributed by atoms with Gasteiger partial charge in [0.25, 0.3) is 0 Å². The topological polar surface area (TPSA) is 112 Å². The Balaban J connectivity index is 1.83. The fourth-order valence-electron chi connectivity index (χ4n) is 3.67. The van der Waals surface area contributed by atoms with Crippen LogP contribution in [0.5, 0.6) is 5.75 Å². The van der Waals surface area contributed by atoms with Gasteiger partial charge in [-0.2, -0.15) is 18.4 Å². The second-order valence-corrected chi connectivity index (χ2v) is 7.53. The highest BCUT2D eigenvalue weighted by molar-refractivity contribution is 5.95. The Morgan fingerprint density at radius 3 is 2.55 bits per heavy atom. The monoisotopic (exact) mass is 461 g/mol. The fourth-order valence-corrected chi connectivity index (χ4v) is 3.67. The minimum absolute atomic E-state index is 0.0366. The maximum Gasteiger partial charge on any atom is 0.417 e. The summed E-state index contributed by atoms with van der Waals surface area (Å²) in [6, 6.07) is 8.40. The normalized spacial score (nSPS) is 16.2. The van der Waals surface area contributed by atoms with Crippen molar-refractivity contribution in [2.24, 2.45) is 5.73 Å². The zero-order valence-corrected chi connectivity index (χ0v) is 17.9. The molecule has 1 fully saturated rings. The zero-order valence-electron chi connectivity index (χ0n) is 17.9. The molecule has 0 radical (unpaired) electrons. The van der Waals surface area contributed by atoms with Crippen LogP contribution in [0, 0.1) is 18.3 Å². The van der Waals surface area contributed by atoms with E-state index in [1.54, 1.807) is 12.1 Å². The van der Waals surface area contributed by atoms with Crippen molar-refractivity contribution in [2.75, 3.05) is 37.0 Å². The van der Waals surface area contributed by atoms with Crippen LogP contribution >= 0.6 is 0 Å². The lowest BCUT2D eigenvalue weighted by atomic mass is 10.0. The summed E-state index contributed by atoms with van der Waals surface area (Å²) in [5, 5.41) is 11.7. The van der Waals surface area contributed by atoms with Gasteiger partial charge in [0, 0.05) is 25.3 Å². The number of nitrogens with zero attached hydrogens (tertiary/aromatic N) is 3. The summed E-state index contributed by atoms with van der Waals surface area (Å²) in [6.45, 7) is 1.93. The molecule has 1 unspecified atom stereocenters. The highest BCUT2D eigenvalue weighted by Gasteiger charge is 2.37. The molecule has 33 heavy (non-hydrogen) atoms. The van der Waals surface area contributed by atoms with E-state index in [1.807, 2.05) is 13.0 Å². The first kappa shape index (κ1) is 23.7. The number of hydrogen-bond donors (Lipinski definition) is 2. The zero-order chi connectivity index (χ0) is 24.3. The van der Waals surface area contributed by atoms with E-state index in [4.69, 9.17) is 15.7 Å². The van der Waals surface area contributed by atoms with E-state index >= 15 is 0 Å². The van der Waals surface area contributed by atoms with Gasteiger partial charge in [-0.25, -0.2) is 4.79 Å². The number of rotatable bonds is 4. The van der Waals surface area contributed by atoms with Crippen molar-refractivity contribution in [3.63, 3.8) is 0 Å². The molecule has 11 heteroatoms. The molecule has 174 valence electrons. The summed E-state index contributed by atoms with van der Waals surface area (Å²) in [5.41, 5.74) is 5.42. The molecule has 1 atom stereocenters. The molecule has 3 rings (SSSR count). The van der Waals surface area contributed by atoms with Gasteiger partial charge in [-0.05, 0) is 42.8 Å². The van der Waals surface area contributed by atoms with Crippen LogP contribution in [0.2, 0.25) is 0 Å². The highest BCUT2D eigenvalue weighted by atomic mass is 19.4. The molecule has 0 aliphatic carbocycles. The molecule has 8 nitrogen and oxygen atoms in total. The van der Waals surface area contributed by atoms with Crippen LogP contribution in [0.3, 0.4) is 0 Å². The van der Waals surface area contributed by atoms with E-state index in [-0.39, 0.29) is 25.3 Å². The van der Waals surface area contributed by atoms with E-state index in [0.717, 1.165) is 17.7 Å². The number of nitriles is 1. The first-order valence-electron chi connectivity index (χ1n) is 9.93. The molecule has 0 aromatic heterocycles.